The van der Waals surface area contributed by atoms with Gasteiger partial charge in [0, 0.05) is 10.0 Å². The molecule has 4 heteroatoms. The average Bonchev–Trinajstić information content (AvgIpc) is 2.43. The Kier molecular flexibility index (Phi) is 4.62. The minimum Gasteiger partial charge on any atom is -0.497 e. The number of ether oxygens (including phenoxy) is 1. The number of methoxy groups -OCH3 is 1. The number of likely N-dealkylation sites (tertiary alicyclic amines) is 1. The van der Waals surface area contributed by atoms with Crippen molar-refractivity contribution in [3.05, 3.63) is 28.2 Å². The summed E-state index contributed by atoms with van der Waals surface area (Å²) in [6.45, 7) is 2.00. The van der Waals surface area contributed by atoms with Crippen molar-refractivity contribution in [3.8, 4) is 11.8 Å². The van der Waals surface area contributed by atoms with E-state index < -0.39 is 0 Å². The number of nitrogens with zero attached hydrogens (tertiary/aromatic N) is 2. The Bertz CT molecular complexity index is 450. The summed E-state index contributed by atoms with van der Waals surface area (Å²) < 4.78 is 6.22. The Morgan fingerprint density at radius 3 is 2.67 bits per heavy atom. The molecule has 2 rings (SSSR count). The van der Waals surface area contributed by atoms with Crippen LogP contribution < -0.4 is 4.74 Å². The van der Waals surface area contributed by atoms with Gasteiger partial charge in [0.1, 0.15) is 11.8 Å². The molecule has 0 aliphatic carbocycles. The molecule has 0 amide bonds. The quantitative estimate of drug-likeness (QED) is 0.857. The highest BCUT2D eigenvalue weighted by atomic mass is 79.9. The van der Waals surface area contributed by atoms with Gasteiger partial charge in [0.2, 0.25) is 0 Å². The maximum Gasteiger partial charge on any atom is 0.125 e. The average molecular weight is 309 g/mol. The molecule has 1 heterocycles. The van der Waals surface area contributed by atoms with Gasteiger partial charge in [0.15, 0.2) is 0 Å². The standard InChI is InChI=1S/C14H17BrN2O/c1-18-11-5-6-13(15)12(9-11)14(10-16)17-7-3-2-4-8-17/h5-6,9,14H,2-4,7-8H2,1H3. The maximum atomic E-state index is 9.47. The molecule has 1 atom stereocenters. The lowest BCUT2D eigenvalue weighted by Gasteiger charge is -2.31. The van der Waals surface area contributed by atoms with E-state index in [-0.39, 0.29) is 6.04 Å². The molecule has 3 nitrogen and oxygen atoms in total. The molecule has 1 fully saturated rings. The van der Waals surface area contributed by atoms with Crippen molar-refractivity contribution in [2.45, 2.75) is 25.3 Å². The molecule has 1 aromatic carbocycles. The van der Waals surface area contributed by atoms with Crippen molar-refractivity contribution >= 4 is 15.9 Å². The highest BCUT2D eigenvalue weighted by molar-refractivity contribution is 9.10. The van der Waals surface area contributed by atoms with Gasteiger partial charge in [0.25, 0.3) is 0 Å². The first-order chi connectivity index (χ1) is 8.76. The first-order valence-electron chi connectivity index (χ1n) is 6.23. The van der Waals surface area contributed by atoms with Gasteiger partial charge in [-0.2, -0.15) is 5.26 Å². The van der Waals surface area contributed by atoms with Crippen LogP contribution in [0.1, 0.15) is 30.9 Å². The van der Waals surface area contributed by atoms with E-state index >= 15 is 0 Å². The van der Waals surface area contributed by atoms with E-state index in [2.05, 4.69) is 26.9 Å². The van der Waals surface area contributed by atoms with E-state index in [1.807, 2.05) is 18.2 Å². The fraction of sp³-hybridized carbons (Fsp3) is 0.500. The molecule has 18 heavy (non-hydrogen) atoms. The lowest BCUT2D eigenvalue weighted by molar-refractivity contribution is 0.195. The van der Waals surface area contributed by atoms with E-state index in [1.54, 1.807) is 7.11 Å². The summed E-state index contributed by atoms with van der Waals surface area (Å²) >= 11 is 3.53. The predicted molar refractivity (Wildman–Crippen MR) is 74.5 cm³/mol. The lowest BCUT2D eigenvalue weighted by atomic mass is 10.0. The van der Waals surface area contributed by atoms with Crippen LogP contribution in [0.4, 0.5) is 0 Å². The molecule has 1 unspecified atom stereocenters. The normalized spacial score (nSPS) is 18.1. The number of benzene rings is 1. The lowest BCUT2D eigenvalue weighted by Crippen LogP contribution is -2.33. The molecule has 96 valence electrons. The van der Waals surface area contributed by atoms with Crippen molar-refractivity contribution < 1.29 is 4.74 Å². The second kappa shape index (κ2) is 6.21. The summed E-state index contributed by atoms with van der Waals surface area (Å²) in [6.07, 6.45) is 3.63. The second-order valence-corrected chi connectivity index (χ2v) is 5.37. The summed E-state index contributed by atoms with van der Waals surface area (Å²) in [6, 6.07) is 8.03. The number of piperidine rings is 1. The van der Waals surface area contributed by atoms with Crippen LogP contribution >= 0.6 is 15.9 Å². The molecular formula is C14H17BrN2O. The molecule has 0 bridgehead atoms. The summed E-state index contributed by atoms with van der Waals surface area (Å²) in [7, 11) is 1.65. The maximum absolute atomic E-state index is 9.47. The molecule has 0 saturated carbocycles. The highest BCUT2D eigenvalue weighted by Crippen LogP contribution is 2.32. The van der Waals surface area contributed by atoms with Crippen LogP contribution in [-0.4, -0.2) is 25.1 Å². The van der Waals surface area contributed by atoms with Crippen LogP contribution in [-0.2, 0) is 0 Å². The summed E-state index contributed by atoms with van der Waals surface area (Å²) in [4.78, 5) is 2.25. The number of halogens is 1. The van der Waals surface area contributed by atoms with Gasteiger partial charge in [-0.1, -0.05) is 22.4 Å². The smallest absolute Gasteiger partial charge is 0.125 e. The van der Waals surface area contributed by atoms with Crippen LogP contribution in [0.2, 0.25) is 0 Å². The minimum atomic E-state index is -0.185. The first-order valence-corrected chi connectivity index (χ1v) is 7.02. The zero-order valence-electron chi connectivity index (χ0n) is 10.5. The van der Waals surface area contributed by atoms with Gasteiger partial charge >= 0.3 is 0 Å². The highest BCUT2D eigenvalue weighted by Gasteiger charge is 2.24. The van der Waals surface area contributed by atoms with Gasteiger partial charge in [-0.15, -0.1) is 0 Å². The molecule has 1 aliphatic rings. The van der Waals surface area contributed by atoms with E-state index in [4.69, 9.17) is 4.74 Å². The zero-order valence-corrected chi connectivity index (χ0v) is 12.1. The van der Waals surface area contributed by atoms with Crippen molar-refractivity contribution in [2.75, 3.05) is 20.2 Å². The monoisotopic (exact) mass is 308 g/mol. The van der Waals surface area contributed by atoms with E-state index in [9.17, 15) is 5.26 Å². The van der Waals surface area contributed by atoms with Gasteiger partial charge in [-0.05, 0) is 44.1 Å². The Morgan fingerprint density at radius 1 is 1.33 bits per heavy atom. The summed E-state index contributed by atoms with van der Waals surface area (Å²) in [5.74, 6) is 0.797. The van der Waals surface area contributed by atoms with Crippen molar-refractivity contribution in [1.29, 1.82) is 5.26 Å². The number of hydrogen-bond acceptors (Lipinski definition) is 3. The van der Waals surface area contributed by atoms with Crippen LogP contribution in [0.3, 0.4) is 0 Å². The van der Waals surface area contributed by atoms with Gasteiger partial charge in [-0.25, -0.2) is 0 Å². The van der Waals surface area contributed by atoms with Crippen LogP contribution in [0.5, 0.6) is 5.75 Å². The molecule has 1 saturated heterocycles. The molecule has 0 aromatic heterocycles. The Balaban J connectivity index is 2.29. The largest absolute Gasteiger partial charge is 0.497 e. The van der Waals surface area contributed by atoms with Gasteiger partial charge in [0.05, 0.1) is 13.2 Å². The summed E-state index contributed by atoms with van der Waals surface area (Å²) in [5, 5.41) is 9.47. The molecule has 1 aromatic rings. The van der Waals surface area contributed by atoms with Crippen molar-refractivity contribution in [2.24, 2.45) is 0 Å². The first kappa shape index (κ1) is 13.4. The van der Waals surface area contributed by atoms with Crippen LogP contribution in [0.15, 0.2) is 22.7 Å². The second-order valence-electron chi connectivity index (χ2n) is 4.52. The van der Waals surface area contributed by atoms with E-state index in [1.165, 1.54) is 19.3 Å². The van der Waals surface area contributed by atoms with Crippen molar-refractivity contribution in [1.82, 2.24) is 4.90 Å². The molecule has 0 N–H and O–H groups in total. The van der Waals surface area contributed by atoms with Crippen LogP contribution in [0.25, 0.3) is 0 Å². The zero-order chi connectivity index (χ0) is 13.0. The number of nitriles is 1. The SMILES string of the molecule is COc1ccc(Br)c(C(C#N)N2CCCCC2)c1. The third kappa shape index (κ3) is 2.85. The predicted octanol–water partition coefficient (Wildman–Crippen LogP) is 3.51. The fourth-order valence-corrected chi connectivity index (χ4v) is 2.85. The van der Waals surface area contributed by atoms with E-state index in [0.29, 0.717) is 0 Å². The minimum absolute atomic E-state index is 0.185. The summed E-state index contributed by atoms with van der Waals surface area (Å²) in [5.41, 5.74) is 0.999. The van der Waals surface area contributed by atoms with Crippen LogP contribution in [0, 0.1) is 11.3 Å². The molecular weight excluding hydrogens is 292 g/mol. The Labute approximate surface area is 116 Å². The van der Waals surface area contributed by atoms with E-state index in [0.717, 1.165) is 28.9 Å². The topological polar surface area (TPSA) is 36.3 Å². The number of rotatable bonds is 3. The molecule has 0 spiro atoms. The van der Waals surface area contributed by atoms with Crippen molar-refractivity contribution in [3.63, 3.8) is 0 Å². The Hall–Kier alpha value is -1.05. The van der Waals surface area contributed by atoms with Gasteiger partial charge in [-0.3, -0.25) is 4.90 Å². The molecule has 1 aliphatic heterocycles. The number of hydrogen-bond donors (Lipinski definition) is 0. The molecule has 0 radical (unpaired) electrons. The fourth-order valence-electron chi connectivity index (χ4n) is 2.38. The van der Waals surface area contributed by atoms with Gasteiger partial charge < -0.3 is 4.74 Å². The third-order valence-electron chi connectivity index (χ3n) is 3.38. The third-order valence-corrected chi connectivity index (χ3v) is 4.10. The Morgan fingerprint density at radius 2 is 2.06 bits per heavy atom.